The number of rotatable bonds is 1. The lowest BCUT2D eigenvalue weighted by atomic mass is 10.2. The van der Waals surface area contributed by atoms with Gasteiger partial charge >= 0.3 is 5.97 Å². The fourth-order valence-corrected chi connectivity index (χ4v) is 0.902. The van der Waals surface area contributed by atoms with E-state index >= 15 is 0 Å². The lowest BCUT2D eigenvalue weighted by Crippen LogP contribution is -2.36. The molecule has 0 amide bonds. The van der Waals surface area contributed by atoms with Crippen molar-refractivity contribution >= 4 is 18.4 Å². The highest BCUT2D eigenvalue weighted by Crippen LogP contribution is 2.40. The maximum Gasteiger partial charge on any atom is 0.327 e. The molecular weight excluding hydrogens is 166 g/mol. The molecule has 62 valence electrons. The van der Waals surface area contributed by atoms with Gasteiger partial charge in [-0.15, -0.1) is 24.8 Å². The number of methoxy groups -OCH3 is 1. The molecule has 0 spiro atoms. The summed E-state index contributed by atoms with van der Waals surface area (Å²) in [5, 5.41) is 0. The predicted molar refractivity (Wildman–Crippen MR) is 43.1 cm³/mol. The molecule has 0 radical (unpaired) electrons. The minimum Gasteiger partial charge on any atom is -0.468 e. The number of halogens is 1. The highest BCUT2D eigenvalue weighted by molar-refractivity contribution is 5.85. The molecule has 4 heteroatoms. The monoisotopic (exact) mass is 175 g/mol. The first kappa shape index (κ1) is 10.3. The molecule has 1 rings (SSSR count). The highest BCUT2D eigenvalue weighted by Gasteiger charge is 2.57. The molecular formula is C7H10ClNO2. The van der Waals surface area contributed by atoms with E-state index in [0.29, 0.717) is 6.42 Å². The van der Waals surface area contributed by atoms with E-state index in [-0.39, 0.29) is 18.3 Å². The third-order valence-electron chi connectivity index (χ3n) is 1.77. The average Bonchev–Trinajstić information content (AvgIpc) is 2.61. The second-order valence-corrected chi connectivity index (χ2v) is 2.46. The number of hydrogen-bond acceptors (Lipinski definition) is 3. The van der Waals surface area contributed by atoms with Crippen LogP contribution in [0.5, 0.6) is 0 Å². The minimum absolute atomic E-state index is 0. The Morgan fingerprint density at radius 1 is 1.91 bits per heavy atom. The molecule has 0 saturated heterocycles. The van der Waals surface area contributed by atoms with Crippen LogP contribution < -0.4 is 5.73 Å². The van der Waals surface area contributed by atoms with Crippen LogP contribution in [0.15, 0.2) is 0 Å². The molecule has 1 fully saturated rings. The number of hydrogen-bond donors (Lipinski definition) is 1. The Morgan fingerprint density at radius 2 is 2.45 bits per heavy atom. The Balaban J connectivity index is 0.000001000. The average molecular weight is 176 g/mol. The fraction of sp³-hybridized carbons (Fsp3) is 0.571. The van der Waals surface area contributed by atoms with Crippen molar-refractivity contribution in [2.45, 2.75) is 12.0 Å². The van der Waals surface area contributed by atoms with Crippen LogP contribution in [0.2, 0.25) is 0 Å². The highest BCUT2D eigenvalue weighted by atomic mass is 35.5. The van der Waals surface area contributed by atoms with E-state index in [2.05, 4.69) is 10.7 Å². The number of esters is 1. The third kappa shape index (κ3) is 1.47. The van der Waals surface area contributed by atoms with Gasteiger partial charge in [0.1, 0.15) is 5.54 Å². The first-order valence-electron chi connectivity index (χ1n) is 2.98. The quantitative estimate of drug-likeness (QED) is 0.449. The van der Waals surface area contributed by atoms with Gasteiger partial charge in [-0.3, -0.25) is 4.79 Å². The Kier molecular flexibility index (Phi) is 2.92. The van der Waals surface area contributed by atoms with Gasteiger partial charge in [-0.25, -0.2) is 0 Å². The zero-order valence-electron chi connectivity index (χ0n) is 6.16. The minimum atomic E-state index is -0.872. The molecule has 0 aromatic rings. The van der Waals surface area contributed by atoms with Gasteiger partial charge in [0.2, 0.25) is 0 Å². The van der Waals surface area contributed by atoms with Crippen molar-refractivity contribution in [3.8, 4) is 12.3 Å². The van der Waals surface area contributed by atoms with Crippen LogP contribution in [0, 0.1) is 18.3 Å². The van der Waals surface area contributed by atoms with Crippen LogP contribution in [0.4, 0.5) is 0 Å². The van der Waals surface area contributed by atoms with Crippen molar-refractivity contribution in [3.63, 3.8) is 0 Å². The summed E-state index contributed by atoms with van der Waals surface area (Å²) in [5.41, 5.74) is 4.67. The van der Waals surface area contributed by atoms with E-state index in [1.165, 1.54) is 7.11 Å². The summed E-state index contributed by atoms with van der Waals surface area (Å²) < 4.78 is 4.45. The molecule has 0 aromatic carbocycles. The van der Waals surface area contributed by atoms with Crippen LogP contribution in [0.3, 0.4) is 0 Å². The number of nitrogens with two attached hydrogens (primary N) is 1. The second-order valence-electron chi connectivity index (χ2n) is 2.46. The Morgan fingerprint density at radius 3 is 2.73 bits per heavy atom. The van der Waals surface area contributed by atoms with E-state index in [1.807, 2.05) is 0 Å². The van der Waals surface area contributed by atoms with Crippen molar-refractivity contribution in [3.05, 3.63) is 0 Å². The van der Waals surface area contributed by atoms with Crippen LogP contribution in [-0.4, -0.2) is 18.6 Å². The van der Waals surface area contributed by atoms with Gasteiger partial charge in [0, 0.05) is 0 Å². The maximum atomic E-state index is 10.8. The van der Waals surface area contributed by atoms with Crippen molar-refractivity contribution < 1.29 is 9.53 Å². The topological polar surface area (TPSA) is 52.3 Å². The van der Waals surface area contributed by atoms with Crippen LogP contribution in [0.1, 0.15) is 6.42 Å². The van der Waals surface area contributed by atoms with Crippen molar-refractivity contribution in [2.24, 2.45) is 11.7 Å². The molecule has 0 aromatic heterocycles. The van der Waals surface area contributed by atoms with E-state index in [1.54, 1.807) is 0 Å². The van der Waals surface area contributed by atoms with E-state index in [4.69, 9.17) is 12.2 Å². The van der Waals surface area contributed by atoms with Crippen LogP contribution in [-0.2, 0) is 9.53 Å². The summed E-state index contributed by atoms with van der Waals surface area (Å²) in [7, 11) is 1.31. The second kappa shape index (κ2) is 3.12. The molecule has 2 N–H and O–H groups in total. The van der Waals surface area contributed by atoms with Gasteiger partial charge < -0.3 is 10.5 Å². The van der Waals surface area contributed by atoms with Gasteiger partial charge in [0.05, 0.1) is 13.0 Å². The maximum absolute atomic E-state index is 10.8. The SMILES string of the molecule is C#C[C@H]1C[C@@]1(N)C(=O)OC.Cl. The van der Waals surface area contributed by atoms with Crippen molar-refractivity contribution in [1.29, 1.82) is 0 Å². The summed E-state index contributed by atoms with van der Waals surface area (Å²) in [6.07, 6.45) is 5.62. The van der Waals surface area contributed by atoms with Gasteiger partial charge in [-0.05, 0) is 6.42 Å². The molecule has 11 heavy (non-hydrogen) atoms. The van der Waals surface area contributed by atoms with Gasteiger partial charge in [-0.2, -0.15) is 0 Å². The lowest BCUT2D eigenvalue weighted by molar-refractivity contribution is -0.143. The lowest BCUT2D eigenvalue weighted by Gasteiger charge is -2.04. The normalized spacial score (nSPS) is 33.0. The summed E-state index contributed by atoms with van der Waals surface area (Å²) in [4.78, 5) is 10.8. The molecule has 0 bridgehead atoms. The van der Waals surface area contributed by atoms with Gasteiger partial charge in [0.25, 0.3) is 0 Å². The Hall–Kier alpha value is -0.720. The molecule has 2 atom stereocenters. The number of terminal acetylenes is 1. The number of carbonyl (C=O) groups excluding carboxylic acids is 1. The summed E-state index contributed by atoms with van der Waals surface area (Å²) in [6, 6.07) is 0. The third-order valence-corrected chi connectivity index (χ3v) is 1.77. The Labute approximate surface area is 71.7 Å². The molecule has 0 heterocycles. The zero-order chi connectivity index (χ0) is 7.78. The molecule has 3 nitrogen and oxygen atoms in total. The molecule has 0 unspecified atom stereocenters. The van der Waals surface area contributed by atoms with E-state index in [9.17, 15) is 4.79 Å². The number of ether oxygens (including phenoxy) is 1. The zero-order valence-corrected chi connectivity index (χ0v) is 6.98. The van der Waals surface area contributed by atoms with Gasteiger partial charge in [-0.1, -0.05) is 0 Å². The molecule has 1 aliphatic rings. The molecule has 1 aliphatic carbocycles. The van der Waals surface area contributed by atoms with E-state index < -0.39 is 11.5 Å². The van der Waals surface area contributed by atoms with Crippen molar-refractivity contribution in [2.75, 3.05) is 7.11 Å². The smallest absolute Gasteiger partial charge is 0.327 e. The first-order chi connectivity index (χ1) is 4.65. The summed E-state index contributed by atoms with van der Waals surface area (Å²) >= 11 is 0. The van der Waals surface area contributed by atoms with E-state index in [0.717, 1.165) is 0 Å². The van der Waals surface area contributed by atoms with Crippen LogP contribution in [0.25, 0.3) is 0 Å². The van der Waals surface area contributed by atoms with Crippen molar-refractivity contribution in [1.82, 2.24) is 0 Å². The number of carbonyl (C=O) groups is 1. The molecule has 0 aliphatic heterocycles. The Bertz CT molecular complexity index is 211. The summed E-state index contributed by atoms with van der Waals surface area (Å²) in [6.45, 7) is 0. The van der Waals surface area contributed by atoms with Gasteiger partial charge in [0.15, 0.2) is 0 Å². The largest absolute Gasteiger partial charge is 0.468 e. The first-order valence-corrected chi connectivity index (χ1v) is 2.98. The standard InChI is InChI=1S/C7H9NO2.ClH/c1-3-5-4-7(5,8)6(9)10-2;/h1,5H,4,8H2,2H3;1H/t5-,7-;/m0./s1. The summed E-state index contributed by atoms with van der Waals surface area (Å²) in [5.74, 6) is 1.89. The fourth-order valence-electron chi connectivity index (χ4n) is 0.902. The van der Waals surface area contributed by atoms with Crippen LogP contribution >= 0.6 is 12.4 Å². The molecule has 1 saturated carbocycles. The predicted octanol–water partition coefficient (Wildman–Crippen LogP) is -0.0682.